The molecule has 4 rings (SSSR count). The highest BCUT2D eigenvalue weighted by Crippen LogP contribution is 2.38. The quantitative estimate of drug-likeness (QED) is 0.134. The Balaban J connectivity index is 1.70. The second-order valence-corrected chi connectivity index (χ2v) is 20.2. The Morgan fingerprint density at radius 1 is 0.941 bits per heavy atom. The van der Waals surface area contributed by atoms with Gasteiger partial charge in [-0.1, -0.05) is 71.1 Å². The number of carbonyl (C=O) groups is 5. The van der Waals surface area contributed by atoms with Gasteiger partial charge in [0.1, 0.15) is 30.1 Å². The van der Waals surface area contributed by atoms with Gasteiger partial charge in [-0.2, -0.15) is 0 Å². The Morgan fingerprint density at radius 2 is 1.68 bits per heavy atom. The van der Waals surface area contributed by atoms with E-state index in [0.29, 0.717) is 63.4 Å². The van der Waals surface area contributed by atoms with E-state index in [1.165, 1.54) is 12.0 Å². The first kappa shape index (κ1) is 57.2. The van der Waals surface area contributed by atoms with E-state index in [4.69, 9.17) is 28.4 Å². The molecule has 0 aromatic rings. The van der Waals surface area contributed by atoms with Crippen molar-refractivity contribution in [1.82, 2.24) is 4.90 Å². The number of ether oxygens (including phenoxy) is 6. The van der Waals surface area contributed by atoms with E-state index >= 15 is 0 Å². The van der Waals surface area contributed by atoms with Crippen molar-refractivity contribution in [3.8, 4) is 0 Å². The number of hydrogen-bond acceptors (Lipinski definition) is 14. The van der Waals surface area contributed by atoms with Crippen LogP contribution in [-0.2, 0) is 52.4 Å². The fourth-order valence-electron chi connectivity index (χ4n) is 10.5. The SMILES string of the molecule is CO[C@H]1C[C@@H]2CC[C@@H](C)[C@@](O)(O2)C(=O)C(=O)N2CCCC[14C@H]2[14C](=O)O[C@H]([C@H](C)[14CH2][14C@@H]2CC[C@@H](OCCO)[C@H](OC)C2)CC(=O)[C@H](C)/C=C(\C)[C@@H](O)[C@@H](OC)C(=O)[C@H](C)C[C@H](C)\C=C/C=C/C=C/1C. The van der Waals surface area contributed by atoms with Gasteiger partial charge in [0.25, 0.3) is 11.7 Å². The third-order valence-electron chi connectivity index (χ3n) is 14.9. The summed E-state index contributed by atoms with van der Waals surface area (Å²) in [7, 11) is 4.58. The molecule has 15 heteroatoms. The number of cyclic esters (lactones) is 1. The molecule has 384 valence electrons. The summed E-state index contributed by atoms with van der Waals surface area (Å²) in [5.74, 6) is -7.96. The standard InChI is InChI=1S/C53H83NO14/c1-32-16-12-11-13-17-33(2)44(63-8)30-40-21-19-38(7)53(62,68-40)50(59)51(60)54-23-15-14-18-41(54)52(61)67-45(35(4)28-39-20-22-43(66-25-24-55)46(29-39)64-9)31-42(56)34(3)27-37(6)48(58)49(65-10)47(57)36(5)26-32/h11-13,16-17,27,32,34-36,38-41,43-46,48-49,55,58,62H,14-15,18-26,28-31H2,1-10H3/b13-11+,16-12-,33-17+,37-27+/t32-,34-,35-,36-,38-,39+,40+,41+,43-,44+,45+,46-,48-,49+,53-/m1/s1/i28+2,39+2,41+2,52+2. The summed E-state index contributed by atoms with van der Waals surface area (Å²) in [5.41, 5.74) is 1.26. The van der Waals surface area contributed by atoms with Crippen LogP contribution in [0.4, 0.5) is 0 Å². The number of aliphatic hydroxyl groups is 3. The first-order valence-corrected chi connectivity index (χ1v) is 25.0. The zero-order valence-corrected chi connectivity index (χ0v) is 42.4. The number of methoxy groups -OCH3 is 3. The Bertz CT molecular complexity index is 1810. The van der Waals surface area contributed by atoms with Gasteiger partial charge in [-0.3, -0.25) is 19.2 Å². The molecule has 1 aliphatic carbocycles. The number of esters is 1. The lowest BCUT2D eigenvalue weighted by Gasteiger charge is -2.42. The number of fused-ring (bicyclic) bond motifs is 3. The van der Waals surface area contributed by atoms with Crippen LogP contribution in [0, 0.1) is 35.5 Å². The number of ketones is 3. The minimum atomic E-state index is -2.43. The molecule has 15 atom stereocenters. The van der Waals surface area contributed by atoms with Crippen LogP contribution in [0.5, 0.6) is 0 Å². The summed E-state index contributed by atoms with van der Waals surface area (Å²) in [6.07, 6.45) is 12.0. The van der Waals surface area contributed by atoms with Crippen LogP contribution in [0.1, 0.15) is 126 Å². The van der Waals surface area contributed by atoms with Crippen molar-refractivity contribution >= 4 is 29.2 Å². The minimum Gasteiger partial charge on any atom is -0.460 e. The molecule has 0 spiro atoms. The molecule has 3 aliphatic heterocycles. The number of hydrogen-bond donors (Lipinski definition) is 3. The third kappa shape index (κ3) is 15.3. The average molecular weight is 966 g/mol. The summed E-state index contributed by atoms with van der Waals surface area (Å²) in [4.78, 5) is 72.1. The van der Waals surface area contributed by atoms with Crippen molar-refractivity contribution in [3.63, 3.8) is 0 Å². The fraction of sp³-hybridized carbons (Fsp3) is 0.755. The number of aliphatic hydroxyl groups excluding tert-OH is 2. The van der Waals surface area contributed by atoms with Crippen molar-refractivity contribution < 1.29 is 67.7 Å². The van der Waals surface area contributed by atoms with E-state index in [1.807, 2.05) is 58.1 Å². The molecule has 3 N–H and O–H groups in total. The number of nitrogens with zero attached hydrogens (tertiary/aromatic N) is 1. The van der Waals surface area contributed by atoms with Gasteiger partial charge in [0.15, 0.2) is 5.78 Å². The van der Waals surface area contributed by atoms with Gasteiger partial charge in [0, 0.05) is 58.5 Å². The summed E-state index contributed by atoms with van der Waals surface area (Å²) in [5, 5.41) is 32.8. The number of Topliss-reactive ketones (excluding diaryl/α,β-unsaturated/α-hetero) is 3. The van der Waals surface area contributed by atoms with Crippen molar-refractivity contribution in [2.45, 2.75) is 180 Å². The van der Waals surface area contributed by atoms with E-state index in [2.05, 4.69) is 0 Å². The molecule has 0 aromatic heterocycles. The fourth-order valence-corrected chi connectivity index (χ4v) is 10.5. The Kier molecular flexibility index (Phi) is 22.9. The van der Waals surface area contributed by atoms with E-state index in [0.717, 1.165) is 12.0 Å². The molecule has 0 aromatic carbocycles. The van der Waals surface area contributed by atoms with E-state index < -0.39 is 77.8 Å². The van der Waals surface area contributed by atoms with Crippen LogP contribution in [0.3, 0.4) is 0 Å². The molecule has 3 fully saturated rings. The lowest BCUT2D eigenvalue weighted by molar-refractivity contribution is -0.265. The maximum atomic E-state index is 14.5. The highest BCUT2D eigenvalue weighted by atomic mass is 16.8. The number of carbonyl (C=O) groups excluding carboxylic acids is 5. The van der Waals surface area contributed by atoms with E-state index in [1.54, 1.807) is 41.1 Å². The van der Waals surface area contributed by atoms with E-state index in [9.17, 15) is 39.3 Å². The molecule has 0 unspecified atom stereocenters. The monoisotopic (exact) mass is 966 g/mol. The Morgan fingerprint density at radius 3 is 2.35 bits per heavy atom. The maximum Gasteiger partial charge on any atom is 0.329 e. The van der Waals surface area contributed by atoms with Gasteiger partial charge in [-0.05, 0) is 107 Å². The molecule has 0 radical (unpaired) electrons. The molecule has 4 aliphatic rings. The highest BCUT2D eigenvalue weighted by molar-refractivity contribution is 6.39. The maximum absolute atomic E-state index is 14.5. The number of allylic oxidation sites excluding steroid dienone is 6. The second-order valence-electron chi connectivity index (χ2n) is 20.2. The summed E-state index contributed by atoms with van der Waals surface area (Å²) in [6, 6.07) is -1.14. The predicted molar refractivity (Wildman–Crippen MR) is 256 cm³/mol. The summed E-state index contributed by atoms with van der Waals surface area (Å²) in [6.45, 7) is 12.9. The largest absolute Gasteiger partial charge is 0.460 e. The molecule has 2 bridgehead atoms. The predicted octanol–water partition coefficient (Wildman–Crippen LogP) is 6.20. The summed E-state index contributed by atoms with van der Waals surface area (Å²) >= 11 is 0. The van der Waals surface area contributed by atoms with Crippen LogP contribution in [-0.4, -0.2) is 145 Å². The van der Waals surface area contributed by atoms with Crippen LogP contribution < -0.4 is 0 Å². The molecule has 1 saturated carbocycles. The normalized spacial score (nSPS) is 39.2. The zero-order chi connectivity index (χ0) is 50.3. The van der Waals surface area contributed by atoms with Gasteiger partial charge in [0.2, 0.25) is 5.79 Å². The van der Waals surface area contributed by atoms with E-state index in [-0.39, 0.29) is 74.1 Å². The van der Waals surface area contributed by atoms with Crippen molar-refractivity contribution in [2.75, 3.05) is 41.1 Å². The topological polar surface area (TPSA) is 205 Å². The second kappa shape index (κ2) is 27.3. The molecular weight excluding hydrogens is 883 g/mol. The van der Waals surface area contributed by atoms with Crippen molar-refractivity contribution in [3.05, 3.63) is 47.6 Å². The van der Waals surface area contributed by atoms with Crippen LogP contribution in [0.25, 0.3) is 0 Å². The smallest absolute Gasteiger partial charge is 0.329 e. The van der Waals surface area contributed by atoms with Gasteiger partial charge in [0.05, 0.1) is 37.6 Å². The minimum absolute atomic E-state index is 0.0158. The van der Waals surface area contributed by atoms with Crippen LogP contribution in [0.2, 0.25) is 0 Å². The highest BCUT2D eigenvalue weighted by Gasteiger charge is 2.53. The Labute approximate surface area is 405 Å². The van der Waals surface area contributed by atoms with Crippen LogP contribution in [0.15, 0.2) is 47.6 Å². The van der Waals surface area contributed by atoms with Crippen LogP contribution >= 0.6 is 0 Å². The molecule has 1 amide bonds. The molecule has 15 nitrogen and oxygen atoms in total. The first-order valence-electron chi connectivity index (χ1n) is 25.0. The first-order chi connectivity index (χ1) is 32.3. The average Bonchev–Trinajstić information content (AvgIpc) is 3.32. The van der Waals surface area contributed by atoms with Gasteiger partial charge in [-0.25, -0.2) is 4.79 Å². The number of amides is 1. The molecule has 68 heavy (non-hydrogen) atoms. The van der Waals surface area contributed by atoms with Crippen molar-refractivity contribution in [1.29, 1.82) is 0 Å². The Hall–Kier alpha value is -3.41. The van der Waals surface area contributed by atoms with Gasteiger partial charge >= 0.3 is 5.97 Å². The van der Waals surface area contributed by atoms with Gasteiger partial charge < -0.3 is 48.6 Å². The third-order valence-corrected chi connectivity index (χ3v) is 14.9. The lowest BCUT2D eigenvalue weighted by Crippen LogP contribution is -2.61. The molecule has 3 heterocycles. The van der Waals surface area contributed by atoms with Gasteiger partial charge in [-0.15, -0.1) is 0 Å². The molecule has 2 saturated heterocycles. The lowest BCUT2D eigenvalue weighted by atomic mass is 9.85. The summed E-state index contributed by atoms with van der Waals surface area (Å²) < 4.78 is 35.6. The number of piperidine rings is 1. The zero-order valence-electron chi connectivity index (χ0n) is 42.4. The molecular formula is C53H83NO14. The number of rotatable bonds is 9. The van der Waals surface area contributed by atoms with Crippen molar-refractivity contribution in [2.24, 2.45) is 35.5 Å².